The molecule has 3 rings (SSSR count). The lowest BCUT2D eigenvalue weighted by Crippen LogP contribution is -2.58. The number of ether oxygens (including phenoxy) is 2. The van der Waals surface area contributed by atoms with E-state index in [9.17, 15) is 29.1 Å². The standard InChI is InChI=1S/C41H65N5O8S/c1-11-12-19-46-39(51)35(24(2)3)45-36(49)27(6)42-37(50)31(22-28-13-16-30(53-10)17-14-28)44-34(48)18-15-29-23-55-38(43-29)26(5)32(47)20-25(4)21-33(41(7,8)9)54-40(46)52/h13-14,16-17,24-27,29,31-33,35,47H,11-12,15,18-23H2,1-10H3,(H,42,50)(H,44,48)(H,45,49)/t25-,26-,27-,29+,31-,32-,33-,35-/m0/s1. The minimum Gasteiger partial charge on any atom is -0.497 e. The van der Waals surface area contributed by atoms with Gasteiger partial charge in [-0.05, 0) is 67.6 Å². The van der Waals surface area contributed by atoms with Crippen LogP contribution < -0.4 is 20.7 Å². The number of aliphatic hydroxyl groups is 1. The number of nitrogens with zero attached hydrogens (tertiary/aromatic N) is 2. The van der Waals surface area contributed by atoms with Crippen molar-refractivity contribution < 1.29 is 38.6 Å². The fourth-order valence-electron chi connectivity index (χ4n) is 6.56. The summed E-state index contributed by atoms with van der Waals surface area (Å²) in [5.41, 5.74) is 0.299. The van der Waals surface area contributed by atoms with E-state index in [1.54, 1.807) is 57.0 Å². The molecule has 0 aromatic heterocycles. The highest BCUT2D eigenvalue weighted by Gasteiger charge is 2.38. The van der Waals surface area contributed by atoms with Crippen LogP contribution in [0.25, 0.3) is 0 Å². The lowest BCUT2D eigenvalue weighted by atomic mass is 9.81. The number of cyclic esters (lactones) is 1. The van der Waals surface area contributed by atoms with Gasteiger partial charge in [-0.15, -0.1) is 11.8 Å². The van der Waals surface area contributed by atoms with Crippen LogP contribution in [-0.4, -0.2) is 101 Å². The van der Waals surface area contributed by atoms with E-state index in [0.717, 1.165) is 15.5 Å². The number of nitrogens with one attached hydrogen (secondary N) is 3. The molecule has 8 atom stereocenters. The number of hydrogen-bond acceptors (Lipinski definition) is 10. The van der Waals surface area contributed by atoms with Gasteiger partial charge in [0, 0.05) is 31.1 Å². The van der Waals surface area contributed by atoms with Crippen LogP contribution >= 0.6 is 11.8 Å². The highest BCUT2D eigenvalue weighted by molar-refractivity contribution is 8.14. The van der Waals surface area contributed by atoms with Crippen LogP contribution in [-0.2, 0) is 30.3 Å². The average Bonchev–Trinajstić information content (AvgIpc) is 3.60. The Morgan fingerprint density at radius 2 is 1.67 bits per heavy atom. The van der Waals surface area contributed by atoms with Gasteiger partial charge >= 0.3 is 6.09 Å². The Bertz CT molecular complexity index is 1500. The Hall–Kier alpha value is -3.65. The predicted octanol–water partition coefficient (Wildman–Crippen LogP) is 5.27. The number of imide groups is 1. The summed E-state index contributed by atoms with van der Waals surface area (Å²) in [6.45, 7) is 17.0. The van der Waals surface area contributed by atoms with Gasteiger partial charge in [0.1, 0.15) is 30.0 Å². The molecule has 0 unspecified atom stereocenters. The maximum Gasteiger partial charge on any atom is 0.416 e. The van der Waals surface area contributed by atoms with Gasteiger partial charge < -0.3 is 30.5 Å². The molecule has 0 fully saturated rings. The molecule has 13 nitrogen and oxygen atoms in total. The minimum absolute atomic E-state index is 0.0310. The number of unbranched alkanes of at least 4 members (excludes halogenated alkanes) is 1. The number of aliphatic hydroxyl groups excluding tert-OH is 1. The van der Waals surface area contributed by atoms with Crippen molar-refractivity contribution in [3.8, 4) is 5.75 Å². The Morgan fingerprint density at radius 3 is 2.27 bits per heavy atom. The molecule has 0 radical (unpaired) electrons. The zero-order chi connectivity index (χ0) is 41.0. The third kappa shape index (κ3) is 13.8. The molecule has 308 valence electrons. The van der Waals surface area contributed by atoms with Crippen molar-refractivity contribution in [2.24, 2.45) is 28.2 Å². The van der Waals surface area contributed by atoms with Crippen LogP contribution in [0.1, 0.15) is 106 Å². The number of methoxy groups -OCH3 is 1. The van der Waals surface area contributed by atoms with E-state index >= 15 is 0 Å². The van der Waals surface area contributed by atoms with Gasteiger partial charge in [0.25, 0.3) is 5.91 Å². The second-order valence-corrected chi connectivity index (χ2v) is 17.7. The van der Waals surface area contributed by atoms with E-state index in [0.29, 0.717) is 43.6 Å². The first-order chi connectivity index (χ1) is 25.8. The maximum atomic E-state index is 14.1. The lowest BCUT2D eigenvalue weighted by molar-refractivity contribution is -0.138. The van der Waals surface area contributed by atoms with Gasteiger partial charge in [0.2, 0.25) is 17.7 Å². The fraction of sp³-hybridized carbons (Fsp3) is 0.707. The van der Waals surface area contributed by atoms with Crippen molar-refractivity contribution in [3.63, 3.8) is 0 Å². The van der Waals surface area contributed by atoms with Gasteiger partial charge in [-0.1, -0.05) is 73.9 Å². The van der Waals surface area contributed by atoms with Crippen molar-refractivity contribution in [2.75, 3.05) is 19.4 Å². The summed E-state index contributed by atoms with van der Waals surface area (Å²) in [5.74, 6) is -1.44. The van der Waals surface area contributed by atoms with Crippen molar-refractivity contribution in [2.45, 2.75) is 144 Å². The van der Waals surface area contributed by atoms with Crippen molar-refractivity contribution in [1.82, 2.24) is 20.9 Å². The van der Waals surface area contributed by atoms with E-state index in [1.807, 2.05) is 41.5 Å². The van der Waals surface area contributed by atoms with E-state index < -0.39 is 65.5 Å². The molecule has 4 N–H and O–H groups in total. The Kier molecular flexibility index (Phi) is 17.5. The molecule has 0 saturated heterocycles. The monoisotopic (exact) mass is 787 g/mol. The van der Waals surface area contributed by atoms with E-state index in [-0.39, 0.29) is 43.2 Å². The van der Waals surface area contributed by atoms with E-state index in [4.69, 9.17) is 14.5 Å². The summed E-state index contributed by atoms with van der Waals surface area (Å²) < 4.78 is 11.4. The molecule has 2 bridgehead atoms. The molecule has 0 spiro atoms. The Labute approximate surface area is 331 Å². The Balaban J connectivity index is 1.97. The van der Waals surface area contributed by atoms with Crippen LogP contribution in [0, 0.1) is 23.2 Å². The second-order valence-electron chi connectivity index (χ2n) is 16.6. The molecular formula is C41H65N5O8S. The quantitative estimate of drug-likeness (QED) is 0.287. The zero-order valence-electron chi connectivity index (χ0n) is 34.5. The molecule has 5 amide bonds. The summed E-state index contributed by atoms with van der Waals surface area (Å²) in [7, 11) is 1.56. The minimum atomic E-state index is -1.09. The lowest BCUT2D eigenvalue weighted by Gasteiger charge is -2.35. The highest BCUT2D eigenvalue weighted by atomic mass is 32.2. The summed E-state index contributed by atoms with van der Waals surface area (Å²) in [4.78, 5) is 74.7. The summed E-state index contributed by atoms with van der Waals surface area (Å²) in [5, 5.41) is 20.5. The first kappa shape index (κ1) is 45.7. The van der Waals surface area contributed by atoms with Gasteiger partial charge in [0.05, 0.1) is 24.3 Å². The van der Waals surface area contributed by atoms with Crippen molar-refractivity contribution in [1.29, 1.82) is 0 Å². The molecule has 1 aromatic rings. The van der Waals surface area contributed by atoms with Crippen LogP contribution in [0.15, 0.2) is 29.3 Å². The molecule has 14 heteroatoms. The topological polar surface area (TPSA) is 176 Å². The molecule has 2 heterocycles. The third-order valence-electron chi connectivity index (χ3n) is 10.3. The molecule has 0 aliphatic carbocycles. The average molecular weight is 788 g/mol. The van der Waals surface area contributed by atoms with Crippen molar-refractivity contribution in [3.05, 3.63) is 29.8 Å². The number of carbonyl (C=O) groups excluding carboxylic acids is 5. The molecule has 0 saturated carbocycles. The summed E-state index contributed by atoms with van der Waals surface area (Å²) in [6.07, 6.45) is 0.890. The van der Waals surface area contributed by atoms with Gasteiger partial charge in [-0.25, -0.2) is 9.69 Å². The molecule has 55 heavy (non-hydrogen) atoms. The van der Waals surface area contributed by atoms with Gasteiger partial charge in [0.15, 0.2) is 0 Å². The predicted molar refractivity (Wildman–Crippen MR) is 216 cm³/mol. The molecular weight excluding hydrogens is 723 g/mol. The van der Waals surface area contributed by atoms with E-state index in [2.05, 4.69) is 16.0 Å². The number of carbonyl (C=O) groups is 5. The van der Waals surface area contributed by atoms with Crippen LogP contribution in [0.3, 0.4) is 0 Å². The largest absolute Gasteiger partial charge is 0.497 e. The van der Waals surface area contributed by atoms with Crippen LogP contribution in [0.5, 0.6) is 5.75 Å². The SMILES string of the molecule is CCCCN1C(=O)O[C@H](C(C)(C)C)C[C@@H](C)C[C@H](O)[C@H](C)C2=N[C@H](CCC(=O)N[C@@H](Cc3ccc(OC)cc3)C(=O)N[C@@H](C)C(=O)N[C@@H](C(C)C)C1=O)CS2. The van der Waals surface area contributed by atoms with Gasteiger partial charge in [-0.2, -0.15) is 0 Å². The second kappa shape index (κ2) is 21.0. The van der Waals surface area contributed by atoms with Crippen molar-refractivity contribution >= 4 is 46.5 Å². The van der Waals surface area contributed by atoms with Crippen LogP contribution in [0.2, 0.25) is 0 Å². The van der Waals surface area contributed by atoms with Crippen LogP contribution in [0.4, 0.5) is 4.79 Å². The summed E-state index contributed by atoms with van der Waals surface area (Å²) >= 11 is 1.58. The zero-order valence-corrected chi connectivity index (χ0v) is 35.3. The highest BCUT2D eigenvalue weighted by Crippen LogP contribution is 2.33. The Morgan fingerprint density at radius 1 is 1.00 bits per heavy atom. The number of benzene rings is 1. The third-order valence-corrected chi connectivity index (χ3v) is 11.7. The summed E-state index contributed by atoms with van der Waals surface area (Å²) in [6, 6.07) is 3.86. The number of aliphatic imine (C=N–C) groups is 1. The fourth-order valence-corrected chi connectivity index (χ4v) is 7.80. The van der Waals surface area contributed by atoms with E-state index in [1.165, 1.54) is 6.92 Å². The molecule has 2 aliphatic rings. The maximum absolute atomic E-state index is 14.1. The van der Waals surface area contributed by atoms with Gasteiger partial charge in [-0.3, -0.25) is 24.2 Å². The number of hydrogen-bond donors (Lipinski definition) is 4. The molecule has 1 aromatic carbocycles. The smallest absolute Gasteiger partial charge is 0.416 e. The number of rotatable bonds is 7. The first-order valence-electron chi connectivity index (χ1n) is 19.8. The number of thioether (sulfide) groups is 1. The molecule has 2 aliphatic heterocycles. The first-order valence-corrected chi connectivity index (χ1v) is 20.8. The number of amides is 5. The number of fused-ring (bicyclic) bond motifs is 1. The normalized spacial score (nSPS) is 28.8.